The molecule has 0 atom stereocenters. The number of piperidine rings is 1. The first-order valence-electron chi connectivity index (χ1n) is 11.8. The van der Waals surface area contributed by atoms with E-state index in [1.54, 1.807) is 63.9 Å². The molecule has 1 amide bonds. The van der Waals surface area contributed by atoms with Crippen molar-refractivity contribution in [2.45, 2.75) is 30.6 Å². The van der Waals surface area contributed by atoms with Gasteiger partial charge in [0, 0.05) is 43.7 Å². The van der Waals surface area contributed by atoms with Gasteiger partial charge in [-0.15, -0.1) is 0 Å². The Morgan fingerprint density at radius 3 is 2.54 bits per heavy atom. The predicted octanol–water partition coefficient (Wildman–Crippen LogP) is 4.02. The van der Waals surface area contributed by atoms with Crippen LogP contribution in [0.3, 0.4) is 0 Å². The van der Waals surface area contributed by atoms with Gasteiger partial charge in [-0.2, -0.15) is 4.31 Å². The predicted molar refractivity (Wildman–Crippen MR) is 131 cm³/mol. The Kier molecular flexibility index (Phi) is 6.70. The summed E-state index contributed by atoms with van der Waals surface area (Å²) in [4.78, 5) is 19.0. The molecule has 0 N–H and O–H groups in total. The van der Waals surface area contributed by atoms with Crippen LogP contribution < -0.4 is 14.4 Å². The van der Waals surface area contributed by atoms with E-state index >= 15 is 0 Å². The monoisotopic (exact) mass is 493 g/mol. The number of fused-ring (bicyclic) bond motifs is 1. The van der Waals surface area contributed by atoms with Crippen LogP contribution in [0.25, 0.3) is 0 Å². The van der Waals surface area contributed by atoms with Crippen molar-refractivity contribution in [2.24, 2.45) is 0 Å². The number of rotatable bonds is 7. The SMILES string of the molecule is O=C(COc1cccc(Oc2ccccn2)c1)N1CCc2cc(S(=O)(=O)N3CCCCC3)ccc21. The minimum absolute atomic E-state index is 0.139. The lowest BCUT2D eigenvalue weighted by molar-refractivity contribution is -0.120. The summed E-state index contributed by atoms with van der Waals surface area (Å²) in [7, 11) is -3.51. The summed E-state index contributed by atoms with van der Waals surface area (Å²) in [5, 5.41) is 0. The zero-order valence-electron chi connectivity index (χ0n) is 19.3. The first-order chi connectivity index (χ1) is 17.0. The number of carbonyl (C=O) groups is 1. The van der Waals surface area contributed by atoms with Crippen LogP contribution in [0, 0.1) is 0 Å². The lowest BCUT2D eigenvalue weighted by Crippen LogP contribution is -2.35. The van der Waals surface area contributed by atoms with Crippen molar-refractivity contribution in [3.8, 4) is 17.4 Å². The van der Waals surface area contributed by atoms with Crippen LogP contribution >= 0.6 is 0 Å². The number of amides is 1. The molecule has 182 valence electrons. The average Bonchev–Trinajstić information content (AvgIpc) is 3.32. The van der Waals surface area contributed by atoms with Gasteiger partial charge >= 0.3 is 0 Å². The Hall–Kier alpha value is -3.43. The molecule has 0 unspecified atom stereocenters. The van der Waals surface area contributed by atoms with Crippen LogP contribution in [0.4, 0.5) is 5.69 Å². The number of carbonyl (C=O) groups excluding carboxylic acids is 1. The summed E-state index contributed by atoms with van der Waals surface area (Å²) in [5.41, 5.74) is 1.60. The lowest BCUT2D eigenvalue weighted by Gasteiger charge is -2.26. The topological polar surface area (TPSA) is 89.0 Å². The summed E-state index contributed by atoms with van der Waals surface area (Å²) in [5.74, 6) is 1.35. The number of benzene rings is 2. The third kappa shape index (κ3) is 5.16. The van der Waals surface area contributed by atoms with Crippen LogP contribution in [0.1, 0.15) is 24.8 Å². The van der Waals surface area contributed by atoms with Crippen LogP contribution in [0.2, 0.25) is 0 Å². The van der Waals surface area contributed by atoms with Crippen LogP contribution in [0.5, 0.6) is 17.4 Å². The van der Waals surface area contributed by atoms with Crippen LogP contribution in [0.15, 0.2) is 71.8 Å². The number of nitrogens with zero attached hydrogens (tertiary/aromatic N) is 3. The van der Waals surface area contributed by atoms with Crippen molar-refractivity contribution >= 4 is 21.6 Å². The van der Waals surface area contributed by atoms with E-state index in [2.05, 4.69) is 4.98 Å². The summed E-state index contributed by atoms with van der Waals surface area (Å²) < 4.78 is 39.0. The highest BCUT2D eigenvalue weighted by atomic mass is 32.2. The second-order valence-electron chi connectivity index (χ2n) is 8.58. The zero-order chi connectivity index (χ0) is 24.3. The number of aromatic nitrogens is 1. The fourth-order valence-corrected chi connectivity index (χ4v) is 6.00. The first kappa shape index (κ1) is 23.3. The Bertz CT molecular complexity index is 1310. The molecule has 5 rings (SSSR count). The maximum Gasteiger partial charge on any atom is 0.264 e. The third-order valence-electron chi connectivity index (χ3n) is 6.23. The third-order valence-corrected chi connectivity index (χ3v) is 8.12. The van der Waals surface area contributed by atoms with Gasteiger partial charge in [-0.1, -0.05) is 18.6 Å². The van der Waals surface area contributed by atoms with Gasteiger partial charge < -0.3 is 14.4 Å². The Labute approximate surface area is 205 Å². The molecule has 9 heteroatoms. The Morgan fingerprint density at radius 1 is 0.914 bits per heavy atom. The van der Waals surface area contributed by atoms with Crippen LogP contribution in [-0.4, -0.2) is 49.9 Å². The van der Waals surface area contributed by atoms with Crippen molar-refractivity contribution < 1.29 is 22.7 Å². The van der Waals surface area contributed by atoms with E-state index in [4.69, 9.17) is 9.47 Å². The average molecular weight is 494 g/mol. The maximum absolute atomic E-state index is 13.0. The van der Waals surface area contributed by atoms with E-state index in [1.807, 2.05) is 12.1 Å². The number of hydrogen-bond donors (Lipinski definition) is 0. The van der Waals surface area contributed by atoms with Crippen LogP contribution in [-0.2, 0) is 21.2 Å². The van der Waals surface area contributed by atoms with Gasteiger partial charge in [-0.25, -0.2) is 13.4 Å². The standard InChI is InChI=1S/C26H27N3O5S/c30-26(19-33-21-7-6-8-22(18-21)34-25-9-2-3-13-27-25)29-16-12-20-17-23(10-11-24(20)29)35(31,32)28-14-4-1-5-15-28/h2-3,6-11,13,17-18H,1,4-5,12,14-16,19H2. The van der Waals surface area contributed by atoms with E-state index in [9.17, 15) is 13.2 Å². The van der Waals surface area contributed by atoms with Gasteiger partial charge in [0.1, 0.15) is 11.5 Å². The normalized spacial score (nSPS) is 16.1. The van der Waals surface area contributed by atoms with Gasteiger partial charge in [0.05, 0.1) is 4.90 Å². The molecule has 3 heterocycles. The molecule has 2 aliphatic heterocycles. The molecular weight excluding hydrogens is 466 g/mol. The lowest BCUT2D eigenvalue weighted by atomic mass is 10.2. The van der Waals surface area contributed by atoms with E-state index in [1.165, 1.54) is 0 Å². The minimum atomic E-state index is -3.51. The molecule has 0 radical (unpaired) electrons. The molecule has 35 heavy (non-hydrogen) atoms. The van der Waals surface area contributed by atoms with Crippen molar-refractivity contribution in [1.82, 2.24) is 9.29 Å². The van der Waals surface area contributed by atoms with Gasteiger partial charge in [-0.3, -0.25) is 4.79 Å². The number of anilines is 1. The number of hydrogen-bond acceptors (Lipinski definition) is 6. The first-order valence-corrected chi connectivity index (χ1v) is 13.2. The van der Waals surface area contributed by atoms with Crippen molar-refractivity contribution in [1.29, 1.82) is 0 Å². The van der Waals surface area contributed by atoms with Gasteiger partial charge in [0.15, 0.2) is 6.61 Å². The molecule has 0 aliphatic carbocycles. The van der Waals surface area contributed by atoms with E-state index in [0.29, 0.717) is 48.3 Å². The highest BCUT2D eigenvalue weighted by molar-refractivity contribution is 7.89. The highest BCUT2D eigenvalue weighted by Gasteiger charge is 2.30. The second kappa shape index (κ2) is 10.1. The smallest absolute Gasteiger partial charge is 0.264 e. The molecular formula is C26H27N3O5S. The molecule has 0 saturated carbocycles. The molecule has 1 fully saturated rings. The molecule has 0 spiro atoms. The molecule has 8 nitrogen and oxygen atoms in total. The fraction of sp³-hybridized carbons (Fsp3) is 0.308. The van der Waals surface area contributed by atoms with E-state index < -0.39 is 10.0 Å². The van der Waals surface area contributed by atoms with Gasteiger partial charge in [0.2, 0.25) is 15.9 Å². The highest BCUT2D eigenvalue weighted by Crippen LogP contribution is 2.32. The second-order valence-corrected chi connectivity index (χ2v) is 10.5. The molecule has 2 aromatic carbocycles. The van der Waals surface area contributed by atoms with E-state index in [0.717, 1.165) is 30.5 Å². The summed E-state index contributed by atoms with van der Waals surface area (Å²) in [6, 6.07) is 17.5. The Morgan fingerprint density at radius 2 is 1.74 bits per heavy atom. The minimum Gasteiger partial charge on any atom is -0.484 e. The molecule has 1 aromatic heterocycles. The zero-order valence-corrected chi connectivity index (χ0v) is 20.1. The van der Waals surface area contributed by atoms with Crippen molar-refractivity contribution in [2.75, 3.05) is 31.1 Å². The number of ether oxygens (including phenoxy) is 2. The fourth-order valence-electron chi connectivity index (χ4n) is 4.43. The maximum atomic E-state index is 13.0. The molecule has 2 aliphatic rings. The van der Waals surface area contributed by atoms with Gasteiger partial charge in [-0.05, 0) is 61.2 Å². The summed E-state index contributed by atoms with van der Waals surface area (Å²) in [6.07, 6.45) is 5.11. The molecule has 0 bridgehead atoms. The summed E-state index contributed by atoms with van der Waals surface area (Å²) >= 11 is 0. The van der Waals surface area contributed by atoms with Gasteiger partial charge in [0.25, 0.3) is 5.91 Å². The molecule has 1 saturated heterocycles. The number of sulfonamides is 1. The van der Waals surface area contributed by atoms with Crippen molar-refractivity contribution in [3.63, 3.8) is 0 Å². The summed E-state index contributed by atoms with van der Waals surface area (Å²) in [6.45, 7) is 1.48. The van der Waals surface area contributed by atoms with E-state index in [-0.39, 0.29) is 12.5 Å². The van der Waals surface area contributed by atoms with Crippen molar-refractivity contribution in [3.05, 3.63) is 72.4 Å². The molecule has 3 aromatic rings. The quantitative estimate of drug-likeness (QED) is 0.494. The largest absolute Gasteiger partial charge is 0.484 e. The number of pyridine rings is 1. The Balaban J connectivity index is 1.23.